The van der Waals surface area contributed by atoms with E-state index >= 15 is 0 Å². The summed E-state index contributed by atoms with van der Waals surface area (Å²) in [5.74, 6) is 1.02. The van der Waals surface area contributed by atoms with E-state index in [1.807, 2.05) is 12.1 Å². The van der Waals surface area contributed by atoms with Gasteiger partial charge in [0.25, 0.3) is 0 Å². The van der Waals surface area contributed by atoms with E-state index in [0.717, 1.165) is 24.9 Å². The molecule has 17 heavy (non-hydrogen) atoms. The normalized spacial score (nSPS) is 19.7. The third-order valence-corrected chi connectivity index (χ3v) is 3.16. The summed E-state index contributed by atoms with van der Waals surface area (Å²) in [5.41, 5.74) is 0. The minimum absolute atomic E-state index is 0. The maximum atomic E-state index is 5.28. The van der Waals surface area contributed by atoms with Crippen molar-refractivity contribution in [2.45, 2.75) is 32.4 Å². The van der Waals surface area contributed by atoms with Gasteiger partial charge in [-0.05, 0) is 38.1 Å². The lowest BCUT2D eigenvalue weighted by Gasteiger charge is -2.22. The molecule has 2 rings (SSSR count). The molecule has 100 valence electrons. The summed E-state index contributed by atoms with van der Waals surface area (Å²) >= 11 is 0. The van der Waals surface area contributed by atoms with Crippen molar-refractivity contribution in [3.05, 3.63) is 24.2 Å². The van der Waals surface area contributed by atoms with Gasteiger partial charge in [0.05, 0.1) is 12.8 Å². The van der Waals surface area contributed by atoms with Crippen LogP contribution in [0.3, 0.4) is 0 Å². The zero-order valence-corrected chi connectivity index (χ0v) is 11.7. The van der Waals surface area contributed by atoms with Crippen LogP contribution in [-0.2, 0) is 6.54 Å². The molecule has 1 atom stereocenters. The predicted molar refractivity (Wildman–Crippen MR) is 60.7 cm³/mol. The fraction of sp³-hybridized carbons (Fsp3) is 0.667. The Balaban J connectivity index is 0.00000128. The van der Waals surface area contributed by atoms with Crippen LogP contribution < -0.4 is 30.1 Å². The van der Waals surface area contributed by atoms with Crippen molar-refractivity contribution in [2.75, 3.05) is 19.6 Å². The number of hydrogen-bond acceptors (Lipinski definition) is 3. The Hall–Kier alpha value is -0.220. The largest absolute Gasteiger partial charge is 1.00 e. The molecule has 1 unspecified atom stereocenters. The van der Waals surface area contributed by atoms with Crippen molar-refractivity contribution in [1.29, 1.82) is 0 Å². The smallest absolute Gasteiger partial charge is 0.117 e. The second kappa shape index (κ2) is 8.81. The first kappa shape index (κ1) is 16.8. The van der Waals surface area contributed by atoms with Gasteiger partial charge in [-0.2, -0.15) is 0 Å². The maximum absolute atomic E-state index is 5.28. The van der Waals surface area contributed by atoms with Crippen molar-refractivity contribution < 1.29 is 29.2 Å². The van der Waals surface area contributed by atoms with Gasteiger partial charge < -0.3 is 34.5 Å². The lowest BCUT2D eigenvalue weighted by atomic mass is 10.2. The van der Waals surface area contributed by atoms with E-state index < -0.39 is 0 Å². The molecule has 1 N–H and O–H groups in total. The van der Waals surface area contributed by atoms with Crippen LogP contribution in [0.5, 0.6) is 0 Å². The van der Waals surface area contributed by atoms with Gasteiger partial charge in [-0.15, -0.1) is 0 Å². The minimum atomic E-state index is 0. The molecule has 0 saturated carbocycles. The molecule has 0 amide bonds. The Kier molecular flexibility index (Phi) is 8.70. The van der Waals surface area contributed by atoms with Crippen molar-refractivity contribution >= 4 is 0 Å². The van der Waals surface area contributed by atoms with Gasteiger partial charge >= 0.3 is 0 Å². The Morgan fingerprint density at radius 2 is 2.29 bits per heavy atom. The van der Waals surface area contributed by atoms with Gasteiger partial charge in [0.1, 0.15) is 5.76 Å². The second-order valence-electron chi connectivity index (χ2n) is 4.13. The molecule has 0 aliphatic carbocycles. The Morgan fingerprint density at radius 3 is 2.94 bits per heavy atom. The molecule has 1 aliphatic heterocycles. The van der Waals surface area contributed by atoms with E-state index in [1.54, 1.807) is 6.26 Å². The van der Waals surface area contributed by atoms with Crippen molar-refractivity contribution in [1.82, 2.24) is 10.2 Å². The third kappa shape index (κ3) is 4.88. The van der Waals surface area contributed by atoms with Gasteiger partial charge in [-0.3, -0.25) is 4.90 Å². The molecule has 1 fully saturated rings. The summed E-state index contributed by atoms with van der Waals surface area (Å²) in [6, 6.07) is 4.68. The van der Waals surface area contributed by atoms with Crippen molar-refractivity contribution in [2.24, 2.45) is 0 Å². The van der Waals surface area contributed by atoms with Crippen LogP contribution >= 0.6 is 0 Å². The average Bonchev–Trinajstić information content (AvgIpc) is 2.88. The van der Waals surface area contributed by atoms with Gasteiger partial charge in [-0.25, -0.2) is 0 Å². The number of rotatable bonds is 5. The zero-order chi connectivity index (χ0) is 10.5. The van der Waals surface area contributed by atoms with Crippen LogP contribution in [0.1, 0.15) is 25.5 Å². The number of likely N-dealkylation sites (N-methyl/N-ethyl adjacent to an activating group) is 1. The summed E-state index contributed by atoms with van der Waals surface area (Å²) in [7, 11) is 0. The Labute approximate surface area is 116 Å². The molecule has 1 aromatic heterocycles. The molecule has 0 radical (unpaired) electrons. The second-order valence-corrected chi connectivity index (χ2v) is 4.13. The lowest BCUT2D eigenvalue weighted by Crippen LogP contribution is -3.00. The molecule has 1 aliphatic rings. The molecular weight excluding hydrogens is 259 g/mol. The van der Waals surface area contributed by atoms with Crippen molar-refractivity contribution in [3.8, 4) is 0 Å². The molecule has 5 heteroatoms. The summed E-state index contributed by atoms with van der Waals surface area (Å²) in [6.45, 7) is 6.61. The highest BCUT2D eigenvalue weighted by molar-refractivity contribution is 4.97. The standard InChI is InChI=1S/C12H20N2O.2ClH/c1-2-14-7-3-5-11(14)9-13-10-12-6-4-8-15-12;;/h4,6,8,11,13H,2-3,5,7,9-10H2,1H3;2*1H/p-2. The van der Waals surface area contributed by atoms with Crippen LogP contribution in [0.2, 0.25) is 0 Å². The number of furan rings is 1. The molecular formula is C12H20Cl2N2O-2. The molecule has 3 nitrogen and oxygen atoms in total. The van der Waals surface area contributed by atoms with Crippen LogP contribution in [0.25, 0.3) is 0 Å². The summed E-state index contributed by atoms with van der Waals surface area (Å²) in [6.07, 6.45) is 4.41. The Bertz CT molecular complexity index is 280. The highest BCUT2D eigenvalue weighted by Crippen LogP contribution is 2.15. The highest BCUT2D eigenvalue weighted by Gasteiger charge is 2.21. The minimum Gasteiger partial charge on any atom is -1.00 e. The number of nitrogens with zero attached hydrogens (tertiary/aromatic N) is 1. The number of hydrogen-bond donors (Lipinski definition) is 1. The number of nitrogens with one attached hydrogen (secondary N) is 1. The average molecular weight is 279 g/mol. The Morgan fingerprint density at radius 1 is 1.47 bits per heavy atom. The van der Waals surface area contributed by atoms with Gasteiger partial charge in [0.15, 0.2) is 0 Å². The SMILES string of the molecule is CCN1CCCC1CNCc1ccco1.[Cl-].[Cl-]. The molecule has 0 bridgehead atoms. The van der Waals surface area contributed by atoms with Crippen LogP contribution in [-0.4, -0.2) is 30.6 Å². The fourth-order valence-corrected chi connectivity index (χ4v) is 2.32. The number of halogens is 2. The number of likely N-dealkylation sites (tertiary alicyclic amines) is 1. The van der Waals surface area contributed by atoms with Gasteiger partial charge in [-0.1, -0.05) is 6.92 Å². The van der Waals surface area contributed by atoms with E-state index in [9.17, 15) is 0 Å². The molecule has 0 spiro atoms. The van der Waals surface area contributed by atoms with E-state index in [-0.39, 0.29) is 24.8 Å². The van der Waals surface area contributed by atoms with Crippen LogP contribution in [0.15, 0.2) is 22.8 Å². The summed E-state index contributed by atoms with van der Waals surface area (Å²) in [4.78, 5) is 2.55. The zero-order valence-electron chi connectivity index (χ0n) is 10.2. The quantitative estimate of drug-likeness (QED) is 0.593. The fourth-order valence-electron chi connectivity index (χ4n) is 2.32. The molecule has 0 aromatic carbocycles. The van der Waals surface area contributed by atoms with E-state index in [0.29, 0.717) is 0 Å². The van der Waals surface area contributed by atoms with Gasteiger partial charge in [0.2, 0.25) is 0 Å². The lowest BCUT2D eigenvalue weighted by molar-refractivity contribution is -0.00100. The first-order valence-corrected chi connectivity index (χ1v) is 5.87. The van der Waals surface area contributed by atoms with Gasteiger partial charge in [0, 0.05) is 12.6 Å². The highest BCUT2D eigenvalue weighted by atomic mass is 35.5. The van der Waals surface area contributed by atoms with Crippen LogP contribution in [0.4, 0.5) is 0 Å². The van der Waals surface area contributed by atoms with Crippen molar-refractivity contribution in [3.63, 3.8) is 0 Å². The maximum Gasteiger partial charge on any atom is 0.117 e. The first-order valence-electron chi connectivity index (χ1n) is 5.87. The van der Waals surface area contributed by atoms with Crippen LogP contribution in [0, 0.1) is 0 Å². The van der Waals surface area contributed by atoms with E-state index in [4.69, 9.17) is 4.42 Å². The third-order valence-electron chi connectivity index (χ3n) is 3.16. The molecule has 2 heterocycles. The first-order chi connectivity index (χ1) is 7.40. The van der Waals surface area contributed by atoms with E-state index in [2.05, 4.69) is 17.1 Å². The predicted octanol–water partition coefficient (Wildman–Crippen LogP) is -4.14. The molecule has 1 saturated heterocycles. The summed E-state index contributed by atoms with van der Waals surface area (Å²) < 4.78 is 5.28. The van der Waals surface area contributed by atoms with E-state index in [1.165, 1.54) is 25.9 Å². The topological polar surface area (TPSA) is 28.4 Å². The molecule has 1 aromatic rings. The summed E-state index contributed by atoms with van der Waals surface area (Å²) in [5, 5.41) is 3.46. The monoisotopic (exact) mass is 278 g/mol.